The molecule has 27 heavy (non-hydrogen) atoms. The van der Waals surface area contributed by atoms with Crippen molar-refractivity contribution in [1.82, 2.24) is 5.32 Å². The van der Waals surface area contributed by atoms with Gasteiger partial charge in [0.25, 0.3) is 0 Å². The van der Waals surface area contributed by atoms with E-state index >= 15 is 0 Å². The van der Waals surface area contributed by atoms with Gasteiger partial charge < -0.3 is 10.6 Å². The van der Waals surface area contributed by atoms with Gasteiger partial charge in [-0.3, -0.25) is 9.59 Å². The molecular formula is C22H20N2O2S. The third-order valence-corrected chi connectivity index (χ3v) is 4.94. The van der Waals surface area contributed by atoms with E-state index in [1.807, 2.05) is 78.9 Å². The lowest BCUT2D eigenvalue weighted by molar-refractivity contribution is -0.136. The molecule has 136 valence electrons. The molecule has 0 aliphatic carbocycles. The van der Waals surface area contributed by atoms with Crippen LogP contribution < -0.4 is 10.6 Å². The molecule has 3 aromatic carbocycles. The van der Waals surface area contributed by atoms with E-state index in [9.17, 15) is 9.59 Å². The highest BCUT2D eigenvalue weighted by Gasteiger charge is 2.15. The van der Waals surface area contributed by atoms with Gasteiger partial charge in [-0.15, -0.1) is 0 Å². The first-order chi connectivity index (χ1) is 13.2. The summed E-state index contributed by atoms with van der Waals surface area (Å²) in [4.78, 5) is 26.2. The first kappa shape index (κ1) is 18.7. The summed E-state index contributed by atoms with van der Waals surface area (Å²) in [6.07, 6.45) is 0.681. The van der Waals surface area contributed by atoms with Crippen LogP contribution in [0.3, 0.4) is 0 Å². The topological polar surface area (TPSA) is 58.2 Å². The highest BCUT2D eigenvalue weighted by molar-refractivity contribution is 7.99. The molecule has 0 aliphatic rings. The van der Waals surface area contributed by atoms with Gasteiger partial charge in [0.15, 0.2) is 0 Å². The number of carbonyl (C=O) groups is 2. The molecule has 2 amide bonds. The van der Waals surface area contributed by atoms with Crippen LogP contribution in [0.25, 0.3) is 0 Å². The maximum absolute atomic E-state index is 12.2. The Kier molecular flexibility index (Phi) is 6.66. The molecular weight excluding hydrogens is 356 g/mol. The standard InChI is InChI=1S/C22H20N2O2S/c25-21(23-16-15-17-9-3-1-4-10-17)22(26)24-19-13-7-8-14-20(19)27-18-11-5-2-6-12-18/h1-14H,15-16H2,(H,23,25)(H,24,26). The molecule has 4 nitrogen and oxygen atoms in total. The van der Waals surface area contributed by atoms with Crippen molar-refractivity contribution in [2.24, 2.45) is 0 Å². The molecule has 2 N–H and O–H groups in total. The van der Waals surface area contributed by atoms with Gasteiger partial charge in [-0.2, -0.15) is 0 Å². The Bertz CT molecular complexity index is 898. The second-order valence-electron chi connectivity index (χ2n) is 5.86. The number of nitrogens with one attached hydrogen (secondary N) is 2. The Morgan fingerprint density at radius 1 is 0.741 bits per heavy atom. The number of hydrogen-bond acceptors (Lipinski definition) is 3. The molecule has 0 radical (unpaired) electrons. The number of carbonyl (C=O) groups excluding carboxylic acids is 2. The first-order valence-corrected chi connectivity index (χ1v) is 9.49. The zero-order chi connectivity index (χ0) is 18.9. The summed E-state index contributed by atoms with van der Waals surface area (Å²) in [5.74, 6) is -1.30. The van der Waals surface area contributed by atoms with Gasteiger partial charge in [0.1, 0.15) is 0 Å². The second-order valence-corrected chi connectivity index (χ2v) is 6.97. The smallest absolute Gasteiger partial charge is 0.313 e. The van der Waals surface area contributed by atoms with Crippen LogP contribution in [0, 0.1) is 0 Å². The van der Waals surface area contributed by atoms with Crippen molar-refractivity contribution in [3.05, 3.63) is 90.5 Å². The van der Waals surface area contributed by atoms with Crippen molar-refractivity contribution >= 4 is 29.3 Å². The van der Waals surface area contributed by atoms with Gasteiger partial charge in [-0.25, -0.2) is 0 Å². The van der Waals surface area contributed by atoms with E-state index in [0.29, 0.717) is 18.7 Å². The quantitative estimate of drug-likeness (QED) is 0.636. The van der Waals surface area contributed by atoms with Crippen molar-refractivity contribution in [2.75, 3.05) is 11.9 Å². The number of benzene rings is 3. The average molecular weight is 376 g/mol. The van der Waals surface area contributed by atoms with E-state index in [1.165, 1.54) is 11.8 Å². The number of hydrogen-bond donors (Lipinski definition) is 2. The lowest BCUT2D eigenvalue weighted by Gasteiger charge is -2.11. The predicted octanol–water partition coefficient (Wildman–Crippen LogP) is 4.14. The summed E-state index contributed by atoms with van der Waals surface area (Å²) < 4.78 is 0. The summed E-state index contributed by atoms with van der Waals surface area (Å²) in [7, 11) is 0. The Morgan fingerprint density at radius 3 is 2.11 bits per heavy atom. The van der Waals surface area contributed by atoms with Crippen LogP contribution in [0.1, 0.15) is 5.56 Å². The Balaban J connectivity index is 1.56. The molecule has 3 aromatic rings. The van der Waals surface area contributed by atoms with Gasteiger partial charge in [0.05, 0.1) is 5.69 Å². The molecule has 0 heterocycles. The summed E-state index contributed by atoms with van der Waals surface area (Å²) >= 11 is 1.54. The maximum Gasteiger partial charge on any atom is 0.313 e. The molecule has 0 saturated carbocycles. The monoisotopic (exact) mass is 376 g/mol. The van der Waals surface area contributed by atoms with E-state index in [4.69, 9.17) is 0 Å². The largest absolute Gasteiger partial charge is 0.347 e. The highest BCUT2D eigenvalue weighted by atomic mass is 32.2. The molecule has 0 atom stereocenters. The van der Waals surface area contributed by atoms with E-state index < -0.39 is 11.8 Å². The first-order valence-electron chi connectivity index (χ1n) is 8.67. The number of rotatable bonds is 6. The van der Waals surface area contributed by atoms with Crippen molar-refractivity contribution in [3.8, 4) is 0 Å². The molecule has 0 aromatic heterocycles. The molecule has 0 saturated heterocycles. The fourth-order valence-corrected chi connectivity index (χ4v) is 3.42. The van der Waals surface area contributed by atoms with Crippen molar-refractivity contribution < 1.29 is 9.59 Å². The minimum absolute atomic E-state index is 0.413. The van der Waals surface area contributed by atoms with Crippen LogP contribution in [-0.2, 0) is 16.0 Å². The maximum atomic E-state index is 12.2. The fourth-order valence-electron chi connectivity index (χ4n) is 2.50. The molecule has 0 unspecified atom stereocenters. The van der Waals surface area contributed by atoms with Crippen LogP contribution >= 0.6 is 11.8 Å². The van der Waals surface area contributed by atoms with Gasteiger partial charge >= 0.3 is 11.8 Å². The van der Waals surface area contributed by atoms with Crippen molar-refractivity contribution in [3.63, 3.8) is 0 Å². The third kappa shape index (κ3) is 5.72. The van der Waals surface area contributed by atoms with E-state index in [1.54, 1.807) is 6.07 Å². The van der Waals surface area contributed by atoms with Crippen molar-refractivity contribution in [2.45, 2.75) is 16.2 Å². The van der Waals surface area contributed by atoms with E-state index in [0.717, 1.165) is 15.4 Å². The van der Waals surface area contributed by atoms with Crippen LogP contribution in [0.15, 0.2) is 94.7 Å². The van der Waals surface area contributed by atoms with Crippen molar-refractivity contribution in [1.29, 1.82) is 0 Å². The number of amides is 2. The van der Waals surface area contributed by atoms with Gasteiger partial charge in [0.2, 0.25) is 0 Å². The Hall–Kier alpha value is -3.05. The zero-order valence-electron chi connectivity index (χ0n) is 14.7. The normalized spacial score (nSPS) is 10.2. The number of para-hydroxylation sites is 1. The molecule has 0 bridgehead atoms. The summed E-state index contributed by atoms with van der Waals surface area (Å²) in [6.45, 7) is 0.413. The molecule has 0 aliphatic heterocycles. The van der Waals surface area contributed by atoms with E-state index in [-0.39, 0.29) is 0 Å². The van der Waals surface area contributed by atoms with Crippen LogP contribution in [0.2, 0.25) is 0 Å². The zero-order valence-corrected chi connectivity index (χ0v) is 15.5. The van der Waals surface area contributed by atoms with Gasteiger partial charge in [-0.1, -0.05) is 72.4 Å². The average Bonchev–Trinajstić information content (AvgIpc) is 2.71. The lowest BCUT2D eigenvalue weighted by atomic mass is 10.1. The summed E-state index contributed by atoms with van der Waals surface area (Å²) in [5, 5.41) is 5.37. The predicted molar refractivity (Wildman–Crippen MR) is 109 cm³/mol. The third-order valence-electron chi connectivity index (χ3n) is 3.85. The molecule has 0 spiro atoms. The number of anilines is 1. The van der Waals surface area contributed by atoms with Crippen LogP contribution in [-0.4, -0.2) is 18.4 Å². The Morgan fingerprint density at radius 2 is 1.37 bits per heavy atom. The van der Waals surface area contributed by atoms with Gasteiger partial charge in [0, 0.05) is 16.3 Å². The Labute approximate surface area is 163 Å². The fraction of sp³-hybridized carbons (Fsp3) is 0.0909. The lowest BCUT2D eigenvalue weighted by Crippen LogP contribution is -2.36. The minimum atomic E-state index is -0.663. The summed E-state index contributed by atoms with van der Waals surface area (Å²) in [5.41, 5.74) is 1.73. The summed E-state index contributed by atoms with van der Waals surface area (Å²) in [6, 6.07) is 27.1. The molecule has 0 fully saturated rings. The molecule has 3 rings (SSSR count). The second kappa shape index (κ2) is 9.59. The van der Waals surface area contributed by atoms with E-state index in [2.05, 4.69) is 10.6 Å². The van der Waals surface area contributed by atoms with Crippen LogP contribution in [0.4, 0.5) is 5.69 Å². The molecule has 5 heteroatoms. The van der Waals surface area contributed by atoms with Crippen LogP contribution in [0.5, 0.6) is 0 Å². The highest BCUT2D eigenvalue weighted by Crippen LogP contribution is 2.33. The minimum Gasteiger partial charge on any atom is -0.347 e. The SMILES string of the molecule is O=C(NCCc1ccccc1)C(=O)Nc1ccccc1Sc1ccccc1. The van der Waals surface area contributed by atoms with Gasteiger partial charge in [-0.05, 0) is 36.2 Å².